The molecule has 1 atom stereocenters. The molecule has 0 saturated carbocycles. The van der Waals surface area contributed by atoms with Crippen molar-refractivity contribution in [3.05, 3.63) is 41.4 Å². The topological polar surface area (TPSA) is 35.2 Å². The predicted octanol–water partition coefficient (Wildman–Crippen LogP) is 2.71. The Morgan fingerprint density at radius 3 is 2.80 bits per heavy atom. The lowest BCUT2D eigenvalue weighted by Crippen LogP contribution is -2.18. The first-order valence-electron chi connectivity index (χ1n) is 4.89. The highest BCUT2D eigenvalue weighted by atomic mass is 35.5. The highest BCUT2D eigenvalue weighted by Crippen LogP contribution is 2.20. The summed E-state index contributed by atoms with van der Waals surface area (Å²) in [5.74, 6) is 0.830. The Bertz CT molecular complexity index is 336. The second-order valence-corrected chi connectivity index (χ2v) is 4.13. The van der Waals surface area contributed by atoms with E-state index in [1.807, 2.05) is 31.2 Å². The largest absolute Gasteiger partial charge is 0.488 e. The van der Waals surface area contributed by atoms with E-state index < -0.39 is 0 Å². The summed E-state index contributed by atoms with van der Waals surface area (Å²) in [5, 5.41) is 0.491. The summed E-state index contributed by atoms with van der Waals surface area (Å²) >= 11 is 5.64. The number of para-hydroxylation sites is 1. The first-order chi connectivity index (χ1) is 7.09. The Balaban J connectivity index is 2.72. The molecular weight excluding hydrogens is 210 g/mol. The molecule has 0 aliphatic heterocycles. The van der Waals surface area contributed by atoms with Crippen LogP contribution in [-0.4, -0.2) is 12.6 Å². The Morgan fingerprint density at radius 2 is 2.20 bits per heavy atom. The number of halogens is 1. The van der Waals surface area contributed by atoms with Crippen molar-refractivity contribution in [2.24, 2.45) is 5.73 Å². The monoisotopic (exact) mass is 225 g/mol. The minimum Gasteiger partial charge on any atom is -0.488 e. The molecule has 0 aromatic heterocycles. The molecule has 0 aliphatic carbocycles. The van der Waals surface area contributed by atoms with Gasteiger partial charge in [-0.3, -0.25) is 0 Å². The van der Waals surface area contributed by atoms with Gasteiger partial charge in [0.05, 0.1) is 0 Å². The molecule has 0 aliphatic rings. The summed E-state index contributed by atoms with van der Waals surface area (Å²) in [6.07, 6.45) is 0.797. The van der Waals surface area contributed by atoms with E-state index in [0.717, 1.165) is 17.7 Å². The van der Waals surface area contributed by atoms with E-state index in [1.54, 1.807) is 0 Å². The van der Waals surface area contributed by atoms with Crippen LogP contribution in [0.3, 0.4) is 0 Å². The normalized spacial score (nSPS) is 12.2. The van der Waals surface area contributed by atoms with E-state index >= 15 is 0 Å². The van der Waals surface area contributed by atoms with Gasteiger partial charge in [-0.25, -0.2) is 0 Å². The van der Waals surface area contributed by atoms with Crippen LogP contribution in [0.15, 0.2) is 35.9 Å². The van der Waals surface area contributed by atoms with Crippen molar-refractivity contribution in [2.75, 3.05) is 6.61 Å². The van der Waals surface area contributed by atoms with Gasteiger partial charge in [0.2, 0.25) is 0 Å². The summed E-state index contributed by atoms with van der Waals surface area (Å²) in [4.78, 5) is 0. The molecule has 2 nitrogen and oxygen atoms in total. The number of ether oxygens (including phenoxy) is 1. The number of rotatable bonds is 5. The van der Waals surface area contributed by atoms with E-state index in [0.29, 0.717) is 11.6 Å². The molecule has 2 N–H and O–H groups in total. The van der Waals surface area contributed by atoms with Gasteiger partial charge in [0, 0.05) is 11.1 Å². The molecule has 0 saturated heterocycles. The Morgan fingerprint density at radius 1 is 1.53 bits per heavy atom. The minimum atomic E-state index is 0.119. The smallest absolute Gasteiger partial charge is 0.123 e. The van der Waals surface area contributed by atoms with Gasteiger partial charge in [0.1, 0.15) is 12.4 Å². The van der Waals surface area contributed by atoms with E-state index in [1.165, 1.54) is 0 Å². The van der Waals surface area contributed by atoms with Crippen LogP contribution in [0.4, 0.5) is 0 Å². The van der Waals surface area contributed by atoms with Crippen LogP contribution < -0.4 is 10.5 Å². The van der Waals surface area contributed by atoms with E-state index in [9.17, 15) is 0 Å². The molecule has 0 heterocycles. The zero-order chi connectivity index (χ0) is 11.3. The molecule has 0 bridgehead atoms. The van der Waals surface area contributed by atoms with Gasteiger partial charge < -0.3 is 10.5 Å². The van der Waals surface area contributed by atoms with Gasteiger partial charge in [-0.1, -0.05) is 36.4 Å². The van der Waals surface area contributed by atoms with Crippen molar-refractivity contribution in [1.29, 1.82) is 0 Å². The third kappa shape index (κ3) is 4.36. The second-order valence-electron chi connectivity index (χ2n) is 3.60. The minimum absolute atomic E-state index is 0.119. The standard InChI is InChI=1S/C12H16ClNO/c1-9(13)8-15-12-6-4-3-5-11(12)7-10(2)14/h3-6,10H,1,7-8,14H2,2H3. The lowest BCUT2D eigenvalue weighted by atomic mass is 10.1. The average Bonchev–Trinajstić information content (AvgIpc) is 2.15. The van der Waals surface area contributed by atoms with Gasteiger partial charge in [-0.15, -0.1) is 0 Å². The predicted molar refractivity (Wildman–Crippen MR) is 64.3 cm³/mol. The van der Waals surface area contributed by atoms with Crippen LogP contribution >= 0.6 is 11.6 Å². The first-order valence-corrected chi connectivity index (χ1v) is 5.27. The third-order valence-electron chi connectivity index (χ3n) is 1.90. The van der Waals surface area contributed by atoms with E-state index in [2.05, 4.69) is 6.58 Å². The van der Waals surface area contributed by atoms with Crippen LogP contribution in [0.5, 0.6) is 5.75 Å². The molecule has 0 amide bonds. The summed E-state index contributed by atoms with van der Waals surface area (Å²) < 4.78 is 5.51. The first kappa shape index (κ1) is 12.1. The van der Waals surface area contributed by atoms with E-state index in [4.69, 9.17) is 22.1 Å². The van der Waals surface area contributed by atoms with Crippen molar-refractivity contribution < 1.29 is 4.74 Å². The summed E-state index contributed by atoms with van der Waals surface area (Å²) in [5.41, 5.74) is 6.85. The maximum Gasteiger partial charge on any atom is 0.123 e. The van der Waals surface area contributed by atoms with Gasteiger partial charge >= 0.3 is 0 Å². The quantitative estimate of drug-likeness (QED) is 0.837. The molecular formula is C12H16ClNO. The Kier molecular flexibility index (Phi) is 4.66. The maximum absolute atomic E-state index is 5.75. The van der Waals surface area contributed by atoms with Crippen molar-refractivity contribution in [3.8, 4) is 5.75 Å². The van der Waals surface area contributed by atoms with Crippen LogP contribution in [0, 0.1) is 0 Å². The van der Waals surface area contributed by atoms with Gasteiger partial charge in [0.25, 0.3) is 0 Å². The molecule has 0 spiro atoms. The molecule has 15 heavy (non-hydrogen) atoms. The third-order valence-corrected chi connectivity index (χ3v) is 2.01. The van der Waals surface area contributed by atoms with Crippen LogP contribution in [-0.2, 0) is 6.42 Å². The number of hydrogen-bond donors (Lipinski definition) is 1. The molecule has 1 rings (SSSR count). The molecule has 1 aromatic rings. The van der Waals surface area contributed by atoms with Gasteiger partial charge in [-0.05, 0) is 25.0 Å². The average molecular weight is 226 g/mol. The lowest BCUT2D eigenvalue weighted by molar-refractivity contribution is 0.354. The number of hydrogen-bond acceptors (Lipinski definition) is 2. The van der Waals surface area contributed by atoms with Crippen LogP contribution in [0.2, 0.25) is 0 Å². The molecule has 82 valence electrons. The maximum atomic E-state index is 5.75. The van der Waals surface area contributed by atoms with Crippen molar-refractivity contribution >= 4 is 11.6 Å². The second kappa shape index (κ2) is 5.79. The van der Waals surface area contributed by atoms with Crippen molar-refractivity contribution in [3.63, 3.8) is 0 Å². The van der Waals surface area contributed by atoms with Crippen LogP contribution in [0.25, 0.3) is 0 Å². The molecule has 0 fully saturated rings. The summed E-state index contributed by atoms with van der Waals surface area (Å²) in [6.45, 7) is 5.88. The zero-order valence-electron chi connectivity index (χ0n) is 8.87. The molecule has 3 heteroatoms. The SMILES string of the molecule is C=C(Cl)COc1ccccc1CC(C)N. The molecule has 1 unspecified atom stereocenters. The summed E-state index contributed by atoms with van der Waals surface area (Å²) in [7, 11) is 0. The molecule has 1 aromatic carbocycles. The van der Waals surface area contributed by atoms with E-state index in [-0.39, 0.29) is 6.04 Å². The fraction of sp³-hybridized carbons (Fsp3) is 0.333. The fourth-order valence-electron chi connectivity index (χ4n) is 1.32. The number of nitrogens with two attached hydrogens (primary N) is 1. The lowest BCUT2D eigenvalue weighted by Gasteiger charge is -2.12. The fourth-order valence-corrected chi connectivity index (χ4v) is 1.37. The molecule has 0 radical (unpaired) electrons. The van der Waals surface area contributed by atoms with Gasteiger partial charge in [-0.2, -0.15) is 0 Å². The van der Waals surface area contributed by atoms with Crippen molar-refractivity contribution in [1.82, 2.24) is 0 Å². The zero-order valence-corrected chi connectivity index (χ0v) is 9.63. The number of benzene rings is 1. The van der Waals surface area contributed by atoms with Gasteiger partial charge in [0.15, 0.2) is 0 Å². The Hall–Kier alpha value is -0.990. The highest BCUT2D eigenvalue weighted by molar-refractivity contribution is 6.29. The van der Waals surface area contributed by atoms with Crippen molar-refractivity contribution in [2.45, 2.75) is 19.4 Å². The highest BCUT2D eigenvalue weighted by Gasteiger charge is 2.05. The van der Waals surface area contributed by atoms with Crippen LogP contribution in [0.1, 0.15) is 12.5 Å². The summed E-state index contributed by atoms with van der Waals surface area (Å²) in [6, 6.07) is 7.94. The Labute approximate surface area is 95.7 Å².